The van der Waals surface area contributed by atoms with Crippen LogP contribution < -0.4 is 16.0 Å². The summed E-state index contributed by atoms with van der Waals surface area (Å²) in [5.74, 6) is 5.29. The van der Waals surface area contributed by atoms with Crippen molar-refractivity contribution in [2.75, 3.05) is 7.05 Å². The molecule has 1 aromatic rings. The second-order valence-electron chi connectivity index (χ2n) is 6.18. The van der Waals surface area contributed by atoms with Gasteiger partial charge in [-0.3, -0.25) is 14.9 Å². The van der Waals surface area contributed by atoms with Crippen LogP contribution >= 0.6 is 11.8 Å². The molecule has 0 bridgehead atoms. The lowest BCUT2D eigenvalue weighted by molar-refractivity contribution is -0.119. The molecule has 3 aliphatic heterocycles. The van der Waals surface area contributed by atoms with E-state index in [1.54, 1.807) is 11.1 Å². The number of imide groups is 1. The lowest BCUT2D eigenvalue weighted by atomic mass is 10.0. The van der Waals surface area contributed by atoms with Gasteiger partial charge < -0.3 is 15.5 Å². The molecule has 1 fully saturated rings. The van der Waals surface area contributed by atoms with Gasteiger partial charge in [0.25, 0.3) is 11.8 Å². The van der Waals surface area contributed by atoms with E-state index in [0.29, 0.717) is 0 Å². The Kier molecular flexibility index (Phi) is 8.16. The average Bonchev–Trinajstić information content (AvgIpc) is 3.43. The van der Waals surface area contributed by atoms with Crippen molar-refractivity contribution < 1.29 is 14.4 Å². The molecule has 4 amide bonds. The van der Waals surface area contributed by atoms with Crippen LogP contribution in [0.2, 0.25) is 0 Å². The quantitative estimate of drug-likeness (QED) is 0.484. The number of urea groups is 1. The van der Waals surface area contributed by atoms with Crippen molar-refractivity contribution in [1.29, 1.82) is 0 Å². The molecule has 2 atom stereocenters. The fourth-order valence-electron chi connectivity index (χ4n) is 2.75. The van der Waals surface area contributed by atoms with Crippen molar-refractivity contribution in [1.82, 2.24) is 20.9 Å². The third kappa shape index (κ3) is 5.78. The third-order valence-corrected chi connectivity index (χ3v) is 5.05. The lowest BCUT2D eigenvalue weighted by Crippen LogP contribution is -2.27. The first-order valence-corrected chi connectivity index (χ1v) is 10.5. The molecule has 3 aliphatic rings. The molecule has 29 heavy (non-hydrogen) atoms. The Bertz CT molecular complexity index is 864. The SMILES string of the molecule is CC.CCc1ccc2c(c1)C(=O)N(C)C2.O=C1NC(=O)C(C#CC2NC=CS2)N1. The Labute approximate surface area is 175 Å². The highest BCUT2D eigenvalue weighted by Crippen LogP contribution is 2.22. The zero-order chi connectivity index (χ0) is 21.4. The minimum absolute atomic E-state index is 0.0275. The summed E-state index contributed by atoms with van der Waals surface area (Å²) in [6.07, 6.45) is 2.78. The summed E-state index contributed by atoms with van der Waals surface area (Å²) in [5, 5.41) is 9.33. The number of fused-ring (bicyclic) bond motifs is 1. The maximum atomic E-state index is 11.6. The van der Waals surface area contributed by atoms with Crippen LogP contribution in [0.5, 0.6) is 0 Å². The average molecular weight is 415 g/mol. The van der Waals surface area contributed by atoms with Crippen molar-refractivity contribution in [3.05, 3.63) is 46.5 Å². The lowest BCUT2D eigenvalue weighted by Gasteiger charge is -2.04. The molecule has 4 rings (SSSR count). The van der Waals surface area contributed by atoms with E-state index in [2.05, 4.69) is 46.8 Å². The van der Waals surface area contributed by atoms with Crippen LogP contribution in [0.25, 0.3) is 0 Å². The van der Waals surface area contributed by atoms with Crippen LogP contribution in [-0.4, -0.2) is 41.2 Å². The predicted octanol–water partition coefficient (Wildman–Crippen LogP) is 2.19. The van der Waals surface area contributed by atoms with Crippen LogP contribution in [0, 0.1) is 11.8 Å². The minimum atomic E-state index is -0.717. The van der Waals surface area contributed by atoms with Gasteiger partial charge in [0.2, 0.25) is 0 Å². The van der Waals surface area contributed by atoms with Crippen molar-refractivity contribution in [2.45, 2.75) is 45.2 Å². The summed E-state index contributed by atoms with van der Waals surface area (Å²) < 4.78 is 0. The zero-order valence-electron chi connectivity index (χ0n) is 17.0. The van der Waals surface area contributed by atoms with E-state index in [1.165, 1.54) is 17.3 Å². The second-order valence-corrected chi connectivity index (χ2v) is 7.19. The first kappa shape index (κ1) is 22.4. The maximum Gasteiger partial charge on any atom is 0.322 e. The van der Waals surface area contributed by atoms with Crippen molar-refractivity contribution >= 4 is 29.6 Å². The number of nitrogens with zero attached hydrogens (tertiary/aromatic N) is 1. The number of carbonyl (C=O) groups is 3. The summed E-state index contributed by atoms with van der Waals surface area (Å²) in [5.41, 5.74) is 3.29. The first-order chi connectivity index (χ1) is 14.0. The summed E-state index contributed by atoms with van der Waals surface area (Å²) in [4.78, 5) is 35.1. The Balaban J connectivity index is 0.000000191. The molecule has 1 saturated heterocycles. The molecule has 0 aromatic heterocycles. The van der Waals surface area contributed by atoms with Crippen LogP contribution in [0.4, 0.5) is 4.79 Å². The number of thioether (sulfide) groups is 1. The molecule has 1 aromatic carbocycles. The molecule has 7 nitrogen and oxygen atoms in total. The number of rotatable bonds is 1. The standard InChI is InChI=1S/C11H13NO.C8H7N3O2S.C2H6/c1-3-8-4-5-9-7-12(2)11(13)10(9)6-8;12-7-5(10-8(13)11-7)1-2-6-9-3-4-14-6;1-2/h4-6H,3,7H2,1-2H3;3-6,9H,(H2,10,11,12,13);1-2H3. The number of hydrogen-bond acceptors (Lipinski definition) is 5. The Hall–Kier alpha value is -2.92. The molecule has 8 heteroatoms. The van der Waals surface area contributed by atoms with Gasteiger partial charge in [0.15, 0.2) is 6.04 Å². The smallest absolute Gasteiger partial charge is 0.322 e. The Morgan fingerprint density at radius 1 is 1.21 bits per heavy atom. The molecule has 0 aliphatic carbocycles. The zero-order valence-corrected chi connectivity index (χ0v) is 17.9. The highest BCUT2D eigenvalue weighted by molar-refractivity contribution is 8.03. The van der Waals surface area contributed by atoms with Crippen LogP contribution in [0.1, 0.15) is 42.3 Å². The summed E-state index contributed by atoms with van der Waals surface area (Å²) in [7, 11) is 1.84. The van der Waals surface area contributed by atoms with Gasteiger partial charge in [0, 0.05) is 25.4 Å². The number of amides is 4. The molecular formula is C21H26N4O3S. The topological polar surface area (TPSA) is 90.5 Å². The predicted molar refractivity (Wildman–Crippen MR) is 115 cm³/mol. The number of benzene rings is 1. The molecule has 3 N–H and O–H groups in total. The number of hydrogen-bond donors (Lipinski definition) is 3. The monoisotopic (exact) mass is 414 g/mol. The number of carbonyl (C=O) groups excluding carboxylic acids is 3. The minimum Gasteiger partial charge on any atom is -0.369 e. The van der Waals surface area contributed by atoms with E-state index in [-0.39, 0.29) is 11.3 Å². The van der Waals surface area contributed by atoms with Gasteiger partial charge in [-0.1, -0.05) is 56.5 Å². The summed E-state index contributed by atoms with van der Waals surface area (Å²) in [6, 6.07) is 4.98. The molecule has 0 radical (unpaired) electrons. The molecule has 0 spiro atoms. The van der Waals surface area contributed by atoms with Crippen molar-refractivity contribution in [2.24, 2.45) is 0 Å². The van der Waals surface area contributed by atoms with E-state index in [9.17, 15) is 14.4 Å². The third-order valence-electron chi connectivity index (χ3n) is 4.23. The summed E-state index contributed by atoms with van der Waals surface area (Å²) >= 11 is 1.52. The van der Waals surface area contributed by atoms with Crippen molar-refractivity contribution in [3.8, 4) is 11.8 Å². The Morgan fingerprint density at radius 3 is 2.55 bits per heavy atom. The largest absolute Gasteiger partial charge is 0.369 e. The van der Waals surface area contributed by atoms with Gasteiger partial charge in [-0.05, 0) is 29.0 Å². The molecule has 0 saturated carbocycles. The Morgan fingerprint density at radius 2 is 1.97 bits per heavy atom. The van der Waals surface area contributed by atoms with Gasteiger partial charge in [-0.25, -0.2) is 4.79 Å². The normalized spacial score (nSPS) is 20.8. The molecule has 3 heterocycles. The highest BCUT2D eigenvalue weighted by atomic mass is 32.2. The molecule has 154 valence electrons. The first-order valence-electron chi connectivity index (χ1n) is 9.54. The summed E-state index contributed by atoms with van der Waals surface area (Å²) in [6.45, 7) is 6.86. The van der Waals surface area contributed by atoms with E-state index < -0.39 is 18.0 Å². The number of nitrogens with one attached hydrogen (secondary N) is 3. The van der Waals surface area contributed by atoms with Crippen LogP contribution in [0.15, 0.2) is 29.8 Å². The van der Waals surface area contributed by atoms with Crippen LogP contribution in [0.3, 0.4) is 0 Å². The van der Waals surface area contributed by atoms with Crippen LogP contribution in [-0.2, 0) is 17.8 Å². The highest BCUT2D eigenvalue weighted by Gasteiger charge is 2.27. The van der Waals surface area contributed by atoms with E-state index in [0.717, 1.165) is 24.1 Å². The maximum absolute atomic E-state index is 11.6. The van der Waals surface area contributed by atoms with Gasteiger partial charge in [-0.2, -0.15) is 0 Å². The second kappa shape index (κ2) is 10.6. The van der Waals surface area contributed by atoms with Crippen molar-refractivity contribution in [3.63, 3.8) is 0 Å². The van der Waals surface area contributed by atoms with E-state index >= 15 is 0 Å². The van der Waals surface area contributed by atoms with E-state index in [4.69, 9.17) is 0 Å². The van der Waals surface area contributed by atoms with Gasteiger partial charge in [-0.15, -0.1) is 0 Å². The van der Waals surface area contributed by atoms with E-state index in [1.807, 2.05) is 32.4 Å². The molecular weight excluding hydrogens is 388 g/mol. The fraction of sp³-hybridized carbons (Fsp3) is 0.381. The van der Waals surface area contributed by atoms with Gasteiger partial charge in [0.05, 0.1) is 0 Å². The van der Waals surface area contributed by atoms with Gasteiger partial charge >= 0.3 is 6.03 Å². The van der Waals surface area contributed by atoms with Gasteiger partial charge in [0.1, 0.15) is 5.37 Å². The molecule has 2 unspecified atom stereocenters. The number of aryl methyl sites for hydroxylation is 1. The fourth-order valence-corrected chi connectivity index (χ4v) is 3.36.